The lowest BCUT2D eigenvalue weighted by molar-refractivity contribution is -0.125. The molecule has 6 heteroatoms. The Kier molecular flexibility index (Phi) is 5.28. The molecule has 2 aromatic rings. The molecule has 0 saturated carbocycles. The van der Waals surface area contributed by atoms with Crippen molar-refractivity contribution in [2.75, 3.05) is 18.4 Å². The van der Waals surface area contributed by atoms with Crippen LogP contribution in [-0.2, 0) is 11.3 Å². The van der Waals surface area contributed by atoms with Gasteiger partial charge in [-0.1, -0.05) is 12.1 Å². The van der Waals surface area contributed by atoms with Gasteiger partial charge in [0.2, 0.25) is 5.91 Å². The van der Waals surface area contributed by atoms with Gasteiger partial charge in [0.25, 0.3) is 5.91 Å². The highest BCUT2D eigenvalue weighted by molar-refractivity contribution is 6.02. The molecule has 0 spiro atoms. The Labute approximate surface area is 140 Å². The smallest absolute Gasteiger partial charge is 0.291 e. The topological polar surface area (TPSA) is 83.4 Å². The third kappa shape index (κ3) is 4.23. The van der Waals surface area contributed by atoms with Crippen LogP contribution in [0.25, 0.3) is 0 Å². The van der Waals surface area contributed by atoms with E-state index in [-0.39, 0.29) is 23.5 Å². The predicted molar refractivity (Wildman–Crippen MR) is 90.5 cm³/mol. The lowest BCUT2D eigenvalue weighted by Crippen LogP contribution is -2.40. The minimum absolute atomic E-state index is 0.0607. The van der Waals surface area contributed by atoms with Gasteiger partial charge in [-0.25, -0.2) is 0 Å². The van der Waals surface area contributed by atoms with Crippen molar-refractivity contribution in [3.63, 3.8) is 0 Å². The van der Waals surface area contributed by atoms with E-state index in [0.717, 1.165) is 31.5 Å². The zero-order valence-electron chi connectivity index (χ0n) is 13.4. The number of rotatable bonds is 5. The van der Waals surface area contributed by atoms with E-state index >= 15 is 0 Å². The van der Waals surface area contributed by atoms with E-state index in [2.05, 4.69) is 16.0 Å². The molecule has 0 aliphatic carbocycles. The molecule has 3 N–H and O–H groups in total. The summed E-state index contributed by atoms with van der Waals surface area (Å²) in [5.41, 5.74) is 1.67. The summed E-state index contributed by atoms with van der Waals surface area (Å²) in [5, 5.41) is 8.97. The Balaban J connectivity index is 1.49. The Morgan fingerprint density at radius 2 is 2.04 bits per heavy atom. The number of hydrogen-bond acceptors (Lipinski definition) is 4. The largest absolute Gasteiger partial charge is 0.459 e. The first kappa shape index (κ1) is 16.3. The lowest BCUT2D eigenvalue weighted by atomic mass is 9.99. The second kappa shape index (κ2) is 7.79. The van der Waals surface area contributed by atoms with Gasteiger partial charge >= 0.3 is 0 Å². The highest BCUT2D eigenvalue weighted by atomic mass is 16.3. The summed E-state index contributed by atoms with van der Waals surface area (Å²) >= 11 is 0. The number of benzene rings is 1. The van der Waals surface area contributed by atoms with E-state index in [1.54, 1.807) is 12.1 Å². The first-order valence-corrected chi connectivity index (χ1v) is 8.14. The second-order valence-corrected chi connectivity index (χ2v) is 5.89. The normalized spacial score (nSPS) is 17.2. The maximum Gasteiger partial charge on any atom is 0.291 e. The van der Waals surface area contributed by atoms with Gasteiger partial charge in [0.05, 0.1) is 12.2 Å². The molecule has 24 heavy (non-hydrogen) atoms. The van der Waals surface area contributed by atoms with Crippen molar-refractivity contribution in [3.05, 3.63) is 54.0 Å². The molecule has 1 aliphatic heterocycles. The molecule has 0 unspecified atom stereocenters. The number of piperidine rings is 1. The van der Waals surface area contributed by atoms with Crippen molar-refractivity contribution < 1.29 is 14.0 Å². The Morgan fingerprint density at radius 1 is 1.21 bits per heavy atom. The molecule has 6 nitrogen and oxygen atoms in total. The quantitative estimate of drug-likeness (QED) is 0.786. The number of amides is 2. The zero-order valence-corrected chi connectivity index (χ0v) is 13.4. The highest BCUT2D eigenvalue weighted by Gasteiger charge is 2.20. The van der Waals surface area contributed by atoms with Crippen molar-refractivity contribution in [3.8, 4) is 0 Å². The molecule has 2 heterocycles. The minimum Gasteiger partial charge on any atom is -0.459 e. The summed E-state index contributed by atoms with van der Waals surface area (Å²) in [6.07, 6.45) is 3.45. The molecule has 1 saturated heterocycles. The van der Waals surface area contributed by atoms with Crippen LogP contribution in [0.15, 0.2) is 47.1 Å². The molecule has 0 radical (unpaired) electrons. The molecule has 0 bridgehead atoms. The standard InChI is InChI=1S/C18H21N3O3/c22-17(14-3-1-9-19-12-14)20-11-13-5-7-15(8-6-13)21-18(23)16-4-2-10-24-16/h2,4-8,10,14,19H,1,3,9,11-12H2,(H,20,22)(H,21,23)/t14-/m1/s1. The molecule has 126 valence electrons. The monoisotopic (exact) mass is 327 g/mol. The van der Waals surface area contributed by atoms with Crippen LogP contribution in [0.3, 0.4) is 0 Å². The summed E-state index contributed by atoms with van der Waals surface area (Å²) in [6.45, 7) is 2.24. The van der Waals surface area contributed by atoms with Crippen molar-refractivity contribution in [2.24, 2.45) is 5.92 Å². The third-order valence-corrected chi connectivity index (χ3v) is 4.09. The Morgan fingerprint density at radius 3 is 2.71 bits per heavy atom. The summed E-state index contributed by atoms with van der Waals surface area (Å²) < 4.78 is 5.05. The SMILES string of the molecule is O=C(Nc1ccc(CNC(=O)[C@@H]2CCCNC2)cc1)c1ccco1. The molecule has 3 rings (SSSR count). The van der Waals surface area contributed by atoms with Crippen LogP contribution >= 0.6 is 0 Å². The zero-order chi connectivity index (χ0) is 16.8. The van der Waals surface area contributed by atoms with Crippen LogP contribution in [0.1, 0.15) is 29.0 Å². The van der Waals surface area contributed by atoms with Crippen LogP contribution < -0.4 is 16.0 Å². The number of furan rings is 1. The summed E-state index contributed by atoms with van der Waals surface area (Å²) in [4.78, 5) is 24.0. The lowest BCUT2D eigenvalue weighted by Gasteiger charge is -2.21. The van der Waals surface area contributed by atoms with E-state index in [4.69, 9.17) is 4.42 Å². The van der Waals surface area contributed by atoms with Gasteiger partial charge in [-0.15, -0.1) is 0 Å². The molecule has 1 aliphatic rings. The van der Waals surface area contributed by atoms with E-state index in [1.807, 2.05) is 24.3 Å². The maximum absolute atomic E-state index is 12.1. The van der Waals surface area contributed by atoms with E-state index in [0.29, 0.717) is 12.2 Å². The van der Waals surface area contributed by atoms with Crippen molar-refractivity contribution in [1.82, 2.24) is 10.6 Å². The molecule has 2 amide bonds. The van der Waals surface area contributed by atoms with Crippen LogP contribution in [0, 0.1) is 5.92 Å². The molecule has 1 atom stereocenters. The van der Waals surface area contributed by atoms with Crippen LogP contribution in [0.2, 0.25) is 0 Å². The predicted octanol–water partition coefficient (Wildman–Crippen LogP) is 2.15. The number of carbonyl (C=O) groups excluding carboxylic acids is 2. The van der Waals surface area contributed by atoms with Gasteiger partial charge in [0, 0.05) is 18.8 Å². The maximum atomic E-state index is 12.1. The molecule has 1 aromatic heterocycles. The van der Waals surface area contributed by atoms with Crippen molar-refractivity contribution >= 4 is 17.5 Å². The number of anilines is 1. The summed E-state index contributed by atoms with van der Waals surface area (Å²) in [5.74, 6) is 0.140. The fourth-order valence-corrected chi connectivity index (χ4v) is 2.72. The van der Waals surface area contributed by atoms with Gasteiger partial charge in [0.1, 0.15) is 0 Å². The number of nitrogens with one attached hydrogen (secondary N) is 3. The Hall–Kier alpha value is -2.60. The molecule has 1 aromatic carbocycles. The number of hydrogen-bond donors (Lipinski definition) is 3. The molecular formula is C18H21N3O3. The first-order chi connectivity index (χ1) is 11.7. The van der Waals surface area contributed by atoms with Gasteiger partial charge in [-0.2, -0.15) is 0 Å². The second-order valence-electron chi connectivity index (χ2n) is 5.89. The van der Waals surface area contributed by atoms with Gasteiger partial charge in [0.15, 0.2) is 5.76 Å². The van der Waals surface area contributed by atoms with Crippen molar-refractivity contribution in [1.29, 1.82) is 0 Å². The third-order valence-electron chi connectivity index (χ3n) is 4.09. The number of carbonyl (C=O) groups is 2. The van der Waals surface area contributed by atoms with Crippen LogP contribution in [0.5, 0.6) is 0 Å². The van der Waals surface area contributed by atoms with E-state index in [9.17, 15) is 9.59 Å². The fraction of sp³-hybridized carbons (Fsp3) is 0.333. The van der Waals surface area contributed by atoms with Crippen LogP contribution in [0.4, 0.5) is 5.69 Å². The molecular weight excluding hydrogens is 306 g/mol. The Bertz CT molecular complexity index is 674. The minimum atomic E-state index is -0.286. The van der Waals surface area contributed by atoms with E-state index in [1.165, 1.54) is 6.26 Å². The van der Waals surface area contributed by atoms with Gasteiger partial charge in [-0.05, 0) is 49.2 Å². The summed E-state index contributed by atoms with van der Waals surface area (Å²) in [7, 11) is 0. The highest BCUT2D eigenvalue weighted by Crippen LogP contribution is 2.13. The molecule has 1 fully saturated rings. The van der Waals surface area contributed by atoms with Gasteiger partial charge < -0.3 is 20.4 Å². The average Bonchev–Trinajstić information content (AvgIpc) is 3.16. The summed E-state index contributed by atoms with van der Waals surface area (Å²) in [6, 6.07) is 10.7. The van der Waals surface area contributed by atoms with Crippen molar-refractivity contribution in [2.45, 2.75) is 19.4 Å². The van der Waals surface area contributed by atoms with Gasteiger partial charge in [-0.3, -0.25) is 9.59 Å². The van der Waals surface area contributed by atoms with E-state index < -0.39 is 0 Å². The fourth-order valence-electron chi connectivity index (χ4n) is 2.72. The average molecular weight is 327 g/mol. The van der Waals surface area contributed by atoms with Crippen LogP contribution in [-0.4, -0.2) is 24.9 Å². The first-order valence-electron chi connectivity index (χ1n) is 8.14.